The fourth-order valence-electron chi connectivity index (χ4n) is 5.03. The van der Waals surface area contributed by atoms with Crippen LogP contribution in [0.3, 0.4) is 0 Å². The molecule has 2 heteroatoms. The first-order valence-corrected chi connectivity index (χ1v) is 10.5. The summed E-state index contributed by atoms with van der Waals surface area (Å²) in [6.07, 6.45) is 7.40. The molecule has 3 unspecified atom stereocenters. The van der Waals surface area contributed by atoms with Gasteiger partial charge in [0.15, 0.2) is 0 Å². The first kappa shape index (κ1) is 20.1. The normalized spacial score (nSPS) is 24.1. The van der Waals surface area contributed by atoms with Crippen molar-refractivity contribution in [2.45, 2.75) is 63.5 Å². The van der Waals surface area contributed by atoms with Gasteiger partial charge in [0, 0.05) is 12.0 Å². The molecule has 146 valence electrons. The third-order valence-electron chi connectivity index (χ3n) is 6.43. The lowest BCUT2D eigenvalue weighted by atomic mass is 9.67. The Morgan fingerprint density at radius 1 is 1.04 bits per heavy atom. The second kappa shape index (κ2) is 9.03. The summed E-state index contributed by atoms with van der Waals surface area (Å²) in [6, 6.07) is 19.6. The van der Waals surface area contributed by atoms with Crippen LogP contribution in [0.4, 0.5) is 0 Å². The van der Waals surface area contributed by atoms with E-state index >= 15 is 0 Å². The van der Waals surface area contributed by atoms with E-state index in [-0.39, 0.29) is 12.0 Å². The van der Waals surface area contributed by atoms with E-state index in [9.17, 15) is 5.11 Å². The Morgan fingerprint density at radius 2 is 1.74 bits per heavy atom. The maximum atomic E-state index is 11.8. The number of benzene rings is 2. The first-order valence-electron chi connectivity index (χ1n) is 10.5. The fraction of sp³-hybridized carbons (Fsp3) is 0.520. The van der Waals surface area contributed by atoms with Crippen molar-refractivity contribution in [2.75, 3.05) is 14.1 Å². The summed E-state index contributed by atoms with van der Waals surface area (Å²) in [6.45, 7) is 2.20. The van der Waals surface area contributed by atoms with Gasteiger partial charge in [-0.3, -0.25) is 0 Å². The Hall–Kier alpha value is -1.64. The number of nitrogens with zero attached hydrogens (tertiary/aromatic N) is 1. The van der Waals surface area contributed by atoms with Crippen LogP contribution in [0.5, 0.6) is 0 Å². The van der Waals surface area contributed by atoms with Gasteiger partial charge in [-0.2, -0.15) is 0 Å². The summed E-state index contributed by atoms with van der Waals surface area (Å²) >= 11 is 0. The molecule has 1 N–H and O–H groups in total. The van der Waals surface area contributed by atoms with Gasteiger partial charge in [0.1, 0.15) is 0 Å². The molecule has 1 saturated carbocycles. The van der Waals surface area contributed by atoms with E-state index in [2.05, 4.69) is 80.5 Å². The summed E-state index contributed by atoms with van der Waals surface area (Å²) in [4.78, 5) is 2.32. The SMILES string of the molecule is Cc1ccccc1C(C1CCCCC1(O)CCCc1ccccc1)N(C)C. The molecule has 0 heterocycles. The topological polar surface area (TPSA) is 23.5 Å². The molecule has 0 bridgehead atoms. The average Bonchev–Trinajstić information content (AvgIpc) is 2.66. The van der Waals surface area contributed by atoms with Crippen molar-refractivity contribution in [2.24, 2.45) is 5.92 Å². The zero-order valence-electron chi connectivity index (χ0n) is 17.2. The second-order valence-corrected chi connectivity index (χ2v) is 8.56. The molecule has 0 amide bonds. The highest BCUT2D eigenvalue weighted by Gasteiger charge is 2.44. The van der Waals surface area contributed by atoms with Gasteiger partial charge < -0.3 is 10.0 Å². The molecule has 0 radical (unpaired) electrons. The van der Waals surface area contributed by atoms with E-state index < -0.39 is 5.60 Å². The van der Waals surface area contributed by atoms with Crippen LogP contribution >= 0.6 is 0 Å². The number of aliphatic hydroxyl groups is 1. The van der Waals surface area contributed by atoms with Crippen LogP contribution in [0.2, 0.25) is 0 Å². The van der Waals surface area contributed by atoms with Gasteiger partial charge in [-0.1, -0.05) is 67.4 Å². The minimum Gasteiger partial charge on any atom is -0.390 e. The van der Waals surface area contributed by atoms with Crippen LogP contribution in [-0.2, 0) is 6.42 Å². The summed E-state index contributed by atoms with van der Waals surface area (Å²) in [5, 5.41) is 11.8. The van der Waals surface area contributed by atoms with Crippen LogP contribution in [-0.4, -0.2) is 29.7 Å². The van der Waals surface area contributed by atoms with Crippen LogP contribution in [0, 0.1) is 12.8 Å². The molecule has 1 fully saturated rings. The van der Waals surface area contributed by atoms with E-state index in [1.807, 2.05) is 0 Å². The van der Waals surface area contributed by atoms with Crippen LogP contribution in [0.1, 0.15) is 61.3 Å². The molecule has 1 aliphatic rings. The second-order valence-electron chi connectivity index (χ2n) is 8.56. The van der Waals surface area contributed by atoms with Gasteiger partial charge in [-0.05, 0) is 69.8 Å². The molecule has 3 rings (SSSR count). The quantitative estimate of drug-likeness (QED) is 0.696. The van der Waals surface area contributed by atoms with E-state index in [0.29, 0.717) is 0 Å². The number of rotatable bonds is 7. The van der Waals surface area contributed by atoms with Crippen molar-refractivity contribution in [3.05, 3.63) is 71.3 Å². The Kier molecular flexibility index (Phi) is 6.73. The van der Waals surface area contributed by atoms with E-state index in [1.54, 1.807) is 0 Å². The minimum atomic E-state index is -0.565. The van der Waals surface area contributed by atoms with Gasteiger partial charge in [0.05, 0.1) is 5.60 Å². The van der Waals surface area contributed by atoms with Gasteiger partial charge >= 0.3 is 0 Å². The largest absolute Gasteiger partial charge is 0.390 e. The maximum Gasteiger partial charge on any atom is 0.0694 e. The molecular formula is C25H35NO. The summed E-state index contributed by atoms with van der Waals surface area (Å²) < 4.78 is 0. The Balaban J connectivity index is 1.78. The van der Waals surface area contributed by atoms with Crippen molar-refractivity contribution >= 4 is 0 Å². The molecule has 2 aromatic carbocycles. The van der Waals surface area contributed by atoms with Gasteiger partial charge in [0.25, 0.3) is 0 Å². The van der Waals surface area contributed by atoms with E-state index in [4.69, 9.17) is 0 Å². The van der Waals surface area contributed by atoms with Gasteiger partial charge in [-0.15, -0.1) is 0 Å². The Bertz CT molecular complexity index is 711. The zero-order chi connectivity index (χ0) is 19.3. The standard InChI is InChI=1S/C25H35NO/c1-20-12-7-8-16-22(20)24(26(2)3)23-17-9-10-18-25(23,27)19-11-15-21-13-5-4-6-14-21/h4-8,12-14,16,23-24,27H,9-11,15,17-19H2,1-3H3. The monoisotopic (exact) mass is 365 g/mol. The van der Waals surface area contributed by atoms with Crippen molar-refractivity contribution in [3.63, 3.8) is 0 Å². The number of aryl methyl sites for hydroxylation is 2. The maximum absolute atomic E-state index is 11.8. The number of hydrogen-bond acceptors (Lipinski definition) is 2. The van der Waals surface area contributed by atoms with E-state index in [0.717, 1.165) is 38.5 Å². The molecule has 2 nitrogen and oxygen atoms in total. The highest BCUT2D eigenvalue weighted by molar-refractivity contribution is 5.30. The predicted octanol–water partition coefficient (Wildman–Crippen LogP) is 5.54. The third-order valence-corrected chi connectivity index (χ3v) is 6.43. The fourth-order valence-corrected chi connectivity index (χ4v) is 5.03. The van der Waals surface area contributed by atoms with Gasteiger partial charge in [-0.25, -0.2) is 0 Å². The van der Waals surface area contributed by atoms with Crippen molar-refractivity contribution in [1.29, 1.82) is 0 Å². The van der Waals surface area contributed by atoms with E-state index in [1.165, 1.54) is 23.1 Å². The third kappa shape index (κ3) is 4.80. The molecule has 27 heavy (non-hydrogen) atoms. The molecule has 0 aliphatic heterocycles. The molecule has 0 aromatic heterocycles. The Morgan fingerprint density at radius 3 is 2.44 bits per heavy atom. The van der Waals surface area contributed by atoms with Crippen molar-refractivity contribution < 1.29 is 5.11 Å². The molecule has 3 atom stereocenters. The lowest BCUT2D eigenvalue weighted by Crippen LogP contribution is -2.47. The molecule has 2 aromatic rings. The average molecular weight is 366 g/mol. The zero-order valence-corrected chi connectivity index (χ0v) is 17.2. The van der Waals surface area contributed by atoms with Crippen LogP contribution < -0.4 is 0 Å². The minimum absolute atomic E-state index is 0.272. The highest BCUT2D eigenvalue weighted by atomic mass is 16.3. The molecular weight excluding hydrogens is 330 g/mol. The highest BCUT2D eigenvalue weighted by Crippen LogP contribution is 2.46. The summed E-state index contributed by atoms with van der Waals surface area (Å²) in [7, 11) is 4.33. The Labute approximate surface area is 165 Å². The first-order chi connectivity index (χ1) is 13.0. The lowest BCUT2D eigenvalue weighted by Gasteiger charge is -2.47. The van der Waals surface area contributed by atoms with Gasteiger partial charge in [0.2, 0.25) is 0 Å². The molecule has 0 saturated heterocycles. The summed E-state index contributed by atoms with van der Waals surface area (Å²) in [5.74, 6) is 0.290. The lowest BCUT2D eigenvalue weighted by molar-refractivity contribution is -0.0842. The summed E-state index contributed by atoms with van der Waals surface area (Å²) in [5.41, 5.74) is 3.50. The predicted molar refractivity (Wildman–Crippen MR) is 114 cm³/mol. The smallest absolute Gasteiger partial charge is 0.0694 e. The van der Waals surface area contributed by atoms with Crippen molar-refractivity contribution in [1.82, 2.24) is 4.90 Å². The van der Waals surface area contributed by atoms with Crippen LogP contribution in [0.25, 0.3) is 0 Å². The molecule has 0 spiro atoms. The van der Waals surface area contributed by atoms with Crippen molar-refractivity contribution in [3.8, 4) is 0 Å². The van der Waals surface area contributed by atoms with Crippen LogP contribution in [0.15, 0.2) is 54.6 Å². The molecule has 1 aliphatic carbocycles. The number of hydrogen-bond donors (Lipinski definition) is 1.